The number of hydrogen-bond acceptors (Lipinski definition) is 2. The highest BCUT2D eigenvalue weighted by molar-refractivity contribution is 6.14. The summed E-state index contributed by atoms with van der Waals surface area (Å²) in [6, 6.07) is 106. The van der Waals surface area contributed by atoms with Crippen LogP contribution in [0.2, 0.25) is 0 Å². The SMILES string of the molecule is c1ccc(-c2ccc(C3(c4ccc(-c5ccccc5)cc4)c4ccccc4-c4ccc(N(c5cccc6c5-c5ccccc5C65c6ccccc6-c6ccccc65)c5cccc6oc7ccccc7c56)cc43)cc2)cc1. The number of rotatable bonds is 7. The summed E-state index contributed by atoms with van der Waals surface area (Å²) in [4.78, 5) is 2.55. The summed E-state index contributed by atoms with van der Waals surface area (Å²) >= 11 is 0. The van der Waals surface area contributed by atoms with Crippen LogP contribution in [0.1, 0.15) is 44.5 Å². The van der Waals surface area contributed by atoms with Gasteiger partial charge in [0.2, 0.25) is 0 Å². The van der Waals surface area contributed by atoms with Crippen molar-refractivity contribution < 1.29 is 4.42 Å². The average molecular weight is 966 g/mol. The van der Waals surface area contributed by atoms with Gasteiger partial charge in [0.15, 0.2) is 0 Å². The van der Waals surface area contributed by atoms with E-state index in [0.29, 0.717) is 0 Å². The van der Waals surface area contributed by atoms with Crippen molar-refractivity contribution >= 4 is 39.0 Å². The lowest BCUT2D eigenvalue weighted by atomic mass is 9.67. The Morgan fingerprint density at radius 1 is 0.276 bits per heavy atom. The molecule has 1 aromatic heterocycles. The van der Waals surface area contributed by atoms with E-state index in [1.54, 1.807) is 0 Å². The maximum absolute atomic E-state index is 6.74. The molecular formula is C74H47NO. The molecule has 16 rings (SSSR count). The highest BCUT2D eigenvalue weighted by atomic mass is 16.3. The Balaban J connectivity index is 0.995. The Labute approximate surface area is 442 Å². The lowest BCUT2D eigenvalue weighted by Crippen LogP contribution is -2.29. The summed E-state index contributed by atoms with van der Waals surface area (Å²) in [6.07, 6.45) is 0. The maximum Gasteiger partial charge on any atom is 0.137 e. The zero-order chi connectivity index (χ0) is 50.0. The van der Waals surface area contributed by atoms with Crippen molar-refractivity contribution in [3.63, 3.8) is 0 Å². The molecule has 0 unspecified atom stereocenters. The largest absolute Gasteiger partial charge is 0.456 e. The fourth-order valence-corrected chi connectivity index (χ4v) is 13.9. The first-order chi connectivity index (χ1) is 37.7. The van der Waals surface area contributed by atoms with Crippen molar-refractivity contribution in [2.45, 2.75) is 10.8 Å². The molecule has 1 heterocycles. The predicted molar refractivity (Wildman–Crippen MR) is 313 cm³/mol. The molecule has 354 valence electrons. The van der Waals surface area contributed by atoms with Gasteiger partial charge in [-0.2, -0.15) is 0 Å². The van der Waals surface area contributed by atoms with Gasteiger partial charge in [0, 0.05) is 16.6 Å². The first kappa shape index (κ1) is 42.7. The molecule has 0 saturated carbocycles. The Bertz CT molecular complexity index is 4320. The molecule has 1 spiro atoms. The van der Waals surface area contributed by atoms with Crippen molar-refractivity contribution in [1.82, 2.24) is 0 Å². The normalized spacial score (nSPS) is 13.7. The van der Waals surface area contributed by atoms with Crippen LogP contribution in [0, 0.1) is 0 Å². The molecule has 0 atom stereocenters. The topological polar surface area (TPSA) is 16.4 Å². The second-order valence-corrected chi connectivity index (χ2v) is 20.6. The number of hydrogen-bond donors (Lipinski definition) is 0. The number of para-hydroxylation sites is 1. The van der Waals surface area contributed by atoms with E-state index < -0.39 is 10.8 Å². The van der Waals surface area contributed by atoms with Gasteiger partial charge in [-0.3, -0.25) is 0 Å². The predicted octanol–water partition coefficient (Wildman–Crippen LogP) is 19.1. The van der Waals surface area contributed by atoms with E-state index >= 15 is 0 Å². The monoisotopic (exact) mass is 965 g/mol. The first-order valence-electron chi connectivity index (χ1n) is 26.4. The van der Waals surface area contributed by atoms with E-state index in [1.165, 1.54) is 100 Å². The van der Waals surface area contributed by atoms with Crippen LogP contribution >= 0.6 is 0 Å². The third-order valence-corrected chi connectivity index (χ3v) is 17.0. The van der Waals surface area contributed by atoms with Crippen LogP contribution in [0.15, 0.2) is 290 Å². The van der Waals surface area contributed by atoms with Gasteiger partial charge in [-0.15, -0.1) is 0 Å². The summed E-state index contributed by atoms with van der Waals surface area (Å²) in [5.41, 5.74) is 26.3. The van der Waals surface area contributed by atoms with Gasteiger partial charge in [0.1, 0.15) is 11.2 Å². The lowest BCUT2D eigenvalue weighted by molar-refractivity contribution is 0.669. The molecular weight excluding hydrogens is 919 g/mol. The van der Waals surface area contributed by atoms with Crippen LogP contribution in [-0.2, 0) is 10.8 Å². The summed E-state index contributed by atoms with van der Waals surface area (Å²) in [7, 11) is 0. The molecule has 0 saturated heterocycles. The van der Waals surface area contributed by atoms with Crippen molar-refractivity contribution in [3.8, 4) is 55.6 Å². The van der Waals surface area contributed by atoms with Crippen molar-refractivity contribution in [3.05, 3.63) is 330 Å². The quantitative estimate of drug-likeness (QED) is 0.158. The standard InChI is InChI=1S/C74H47NO/c1-3-19-48(20-4-1)50-37-41-52(42-38-50)73(53-43-39-51(40-44-53)49-21-5-2-6-22-49)61-28-12-7-25-57(61)58-46-45-54(47-66(58)73)75(68-34-18-36-70-72(68)60-27-11-16-35-69(60)76-70)67-33-17-32-65-71(67)59-26-10-15-31-64(59)74(65)62-29-13-8-23-55(62)56-24-9-14-30-63(56)74/h1-47H. The van der Waals surface area contributed by atoms with Gasteiger partial charge >= 0.3 is 0 Å². The molecule has 0 bridgehead atoms. The average Bonchev–Trinajstić information content (AvgIpc) is 4.41. The molecule has 3 aliphatic carbocycles. The van der Waals surface area contributed by atoms with E-state index in [-0.39, 0.29) is 0 Å². The minimum Gasteiger partial charge on any atom is -0.456 e. The molecule has 0 radical (unpaired) electrons. The molecule has 0 amide bonds. The van der Waals surface area contributed by atoms with E-state index in [9.17, 15) is 0 Å². The third kappa shape index (κ3) is 5.81. The number of furan rings is 1. The number of anilines is 3. The van der Waals surface area contributed by atoms with Crippen molar-refractivity contribution in [2.24, 2.45) is 0 Å². The van der Waals surface area contributed by atoms with Crippen molar-refractivity contribution in [2.75, 3.05) is 4.90 Å². The fourth-order valence-electron chi connectivity index (χ4n) is 13.9. The van der Waals surface area contributed by atoms with Crippen LogP contribution in [0.25, 0.3) is 77.6 Å². The second-order valence-electron chi connectivity index (χ2n) is 20.6. The smallest absolute Gasteiger partial charge is 0.137 e. The molecule has 0 fully saturated rings. The number of benzene rings is 12. The zero-order valence-corrected chi connectivity index (χ0v) is 41.5. The molecule has 2 nitrogen and oxygen atoms in total. The van der Waals surface area contributed by atoms with Crippen molar-refractivity contribution in [1.29, 1.82) is 0 Å². The maximum atomic E-state index is 6.74. The van der Waals surface area contributed by atoms with E-state index in [1.807, 2.05) is 0 Å². The summed E-state index contributed by atoms with van der Waals surface area (Å²) in [5, 5.41) is 2.16. The van der Waals surface area contributed by atoms with Gasteiger partial charge in [-0.1, -0.05) is 249 Å². The summed E-state index contributed by atoms with van der Waals surface area (Å²) in [5.74, 6) is 0. The van der Waals surface area contributed by atoms with Gasteiger partial charge in [-0.25, -0.2) is 0 Å². The molecule has 13 aromatic rings. The molecule has 0 aliphatic heterocycles. The fraction of sp³-hybridized carbons (Fsp3) is 0.0270. The highest BCUT2D eigenvalue weighted by Gasteiger charge is 2.53. The minimum absolute atomic E-state index is 0.512. The summed E-state index contributed by atoms with van der Waals surface area (Å²) < 4.78 is 6.74. The molecule has 2 heteroatoms. The van der Waals surface area contributed by atoms with Gasteiger partial charge in [0.25, 0.3) is 0 Å². The Kier molecular flexibility index (Phi) is 9.20. The minimum atomic E-state index is -0.682. The molecule has 3 aliphatic rings. The molecule has 12 aromatic carbocycles. The summed E-state index contributed by atoms with van der Waals surface area (Å²) in [6.45, 7) is 0. The highest BCUT2D eigenvalue weighted by Crippen LogP contribution is 2.65. The Hall–Kier alpha value is -9.76. The van der Waals surface area contributed by atoms with Crippen LogP contribution in [-0.4, -0.2) is 0 Å². The second kappa shape index (κ2) is 16.4. The Morgan fingerprint density at radius 2 is 0.711 bits per heavy atom. The first-order valence-corrected chi connectivity index (χ1v) is 26.4. The Morgan fingerprint density at radius 3 is 1.32 bits per heavy atom. The van der Waals surface area contributed by atoms with Crippen LogP contribution in [0.5, 0.6) is 0 Å². The lowest BCUT2D eigenvalue weighted by Gasteiger charge is -2.35. The van der Waals surface area contributed by atoms with E-state index in [0.717, 1.165) is 39.0 Å². The van der Waals surface area contributed by atoms with Gasteiger partial charge in [-0.05, 0) is 131 Å². The van der Waals surface area contributed by atoms with Gasteiger partial charge in [0.05, 0.1) is 27.6 Å². The molecule has 0 N–H and O–H groups in total. The molecule has 76 heavy (non-hydrogen) atoms. The van der Waals surface area contributed by atoms with Gasteiger partial charge < -0.3 is 9.32 Å². The third-order valence-electron chi connectivity index (χ3n) is 17.0. The van der Waals surface area contributed by atoms with Crippen LogP contribution in [0.3, 0.4) is 0 Å². The van der Waals surface area contributed by atoms with E-state index in [4.69, 9.17) is 4.42 Å². The van der Waals surface area contributed by atoms with Crippen LogP contribution in [0.4, 0.5) is 17.1 Å². The zero-order valence-electron chi connectivity index (χ0n) is 41.5. The van der Waals surface area contributed by atoms with Crippen LogP contribution < -0.4 is 4.90 Å². The van der Waals surface area contributed by atoms with E-state index in [2.05, 4.69) is 290 Å². The number of nitrogens with zero attached hydrogens (tertiary/aromatic N) is 1. The number of fused-ring (bicyclic) bond motifs is 16.